The van der Waals surface area contributed by atoms with Gasteiger partial charge in [0.2, 0.25) is 0 Å². The summed E-state index contributed by atoms with van der Waals surface area (Å²) in [5.74, 6) is 2.43. The number of rotatable bonds is 0. The molecule has 1 heterocycles. The van der Waals surface area contributed by atoms with Crippen molar-refractivity contribution in [1.29, 1.82) is 0 Å². The summed E-state index contributed by atoms with van der Waals surface area (Å²) >= 11 is 0. The molecular weight excluding hydrogens is 162 g/mol. The Balaban J connectivity index is 0.000000605. The van der Waals surface area contributed by atoms with Crippen molar-refractivity contribution in [2.45, 2.75) is 18.4 Å². The molecule has 1 saturated carbocycles. The quantitative estimate of drug-likeness (QED) is 0.512. The minimum absolute atomic E-state index is 0. The average molecular weight is 174 g/mol. The number of nitrogens with one attached hydrogen (secondary N) is 1. The number of hydrogen-bond acceptors (Lipinski definition) is 2. The molecule has 2 aliphatic rings. The van der Waals surface area contributed by atoms with E-state index in [-0.39, 0.29) is 12.4 Å². The summed E-state index contributed by atoms with van der Waals surface area (Å²) in [6.07, 6.45) is 6.74. The molecule has 0 aromatic heterocycles. The first-order valence-electron chi connectivity index (χ1n) is 3.59. The smallest absolute Gasteiger partial charge is 0.126 e. The minimum Gasteiger partial charge on any atom is -0.378 e. The highest BCUT2D eigenvalue weighted by atomic mass is 35.5. The fourth-order valence-electron chi connectivity index (χ4n) is 2.02. The molecule has 1 spiro atoms. The highest BCUT2D eigenvalue weighted by Gasteiger charge is 2.55. The number of aliphatic hydroxyl groups is 1. The average Bonchev–Trinajstić information content (AvgIpc) is 1.77. The standard InChI is InChI=1S/C8H11NO.ClH/c1-2-8(10)3-7(4-8)5-9-6-7;/h1,9-10H,3-6H2;1H. The first-order chi connectivity index (χ1) is 4.68. The van der Waals surface area contributed by atoms with E-state index in [0.29, 0.717) is 5.41 Å². The molecule has 0 atom stereocenters. The van der Waals surface area contributed by atoms with Crippen LogP contribution in [0.3, 0.4) is 0 Å². The Labute approximate surface area is 72.8 Å². The molecule has 1 aliphatic heterocycles. The van der Waals surface area contributed by atoms with Crippen molar-refractivity contribution in [1.82, 2.24) is 5.32 Å². The van der Waals surface area contributed by atoms with Gasteiger partial charge in [-0.05, 0) is 12.8 Å². The summed E-state index contributed by atoms with van der Waals surface area (Å²) in [6, 6.07) is 0. The van der Waals surface area contributed by atoms with Gasteiger partial charge in [0.1, 0.15) is 5.60 Å². The van der Waals surface area contributed by atoms with Crippen LogP contribution in [-0.2, 0) is 0 Å². The van der Waals surface area contributed by atoms with E-state index in [1.54, 1.807) is 0 Å². The highest BCUT2D eigenvalue weighted by molar-refractivity contribution is 5.85. The third-order valence-electron chi connectivity index (χ3n) is 2.60. The maximum atomic E-state index is 9.46. The minimum atomic E-state index is -0.762. The van der Waals surface area contributed by atoms with Gasteiger partial charge in [0, 0.05) is 18.5 Å². The van der Waals surface area contributed by atoms with Crippen LogP contribution in [0.2, 0.25) is 0 Å². The molecule has 0 aromatic rings. The van der Waals surface area contributed by atoms with Crippen LogP contribution in [0, 0.1) is 17.8 Å². The van der Waals surface area contributed by atoms with Crippen molar-refractivity contribution in [2.75, 3.05) is 13.1 Å². The lowest BCUT2D eigenvalue weighted by Crippen LogP contribution is -2.66. The fourth-order valence-corrected chi connectivity index (χ4v) is 2.02. The fraction of sp³-hybridized carbons (Fsp3) is 0.750. The van der Waals surface area contributed by atoms with Gasteiger partial charge in [-0.3, -0.25) is 0 Å². The van der Waals surface area contributed by atoms with E-state index < -0.39 is 5.60 Å². The van der Waals surface area contributed by atoms with Crippen molar-refractivity contribution < 1.29 is 5.11 Å². The molecular formula is C8H12ClNO. The topological polar surface area (TPSA) is 32.3 Å². The zero-order chi connectivity index (χ0) is 7.24. The number of terminal acetylenes is 1. The van der Waals surface area contributed by atoms with Gasteiger partial charge in [0.05, 0.1) is 0 Å². The lowest BCUT2D eigenvalue weighted by atomic mass is 9.56. The summed E-state index contributed by atoms with van der Waals surface area (Å²) in [4.78, 5) is 0. The Bertz CT molecular complexity index is 197. The molecule has 2 fully saturated rings. The zero-order valence-corrected chi connectivity index (χ0v) is 7.08. The van der Waals surface area contributed by atoms with Gasteiger partial charge in [-0.1, -0.05) is 5.92 Å². The second-order valence-electron chi connectivity index (χ2n) is 3.63. The van der Waals surface area contributed by atoms with Gasteiger partial charge in [-0.15, -0.1) is 18.8 Å². The van der Waals surface area contributed by atoms with Crippen LogP contribution < -0.4 is 5.32 Å². The Morgan fingerprint density at radius 1 is 1.36 bits per heavy atom. The molecule has 0 aromatic carbocycles. The molecule has 1 saturated heterocycles. The summed E-state index contributed by atoms with van der Waals surface area (Å²) in [7, 11) is 0. The van der Waals surface area contributed by atoms with Crippen LogP contribution in [0.25, 0.3) is 0 Å². The Kier molecular flexibility index (Phi) is 1.92. The van der Waals surface area contributed by atoms with Crippen molar-refractivity contribution in [2.24, 2.45) is 5.41 Å². The monoisotopic (exact) mass is 173 g/mol. The Hall–Kier alpha value is -0.230. The second kappa shape index (κ2) is 2.38. The SMILES string of the molecule is C#CC1(O)CC2(CNC2)C1.Cl. The van der Waals surface area contributed by atoms with Gasteiger partial charge >= 0.3 is 0 Å². The van der Waals surface area contributed by atoms with Crippen LogP contribution >= 0.6 is 12.4 Å². The molecule has 3 heteroatoms. The van der Waals surface area contributed by atoms with Crippen LogP contribution in [-0.4, -0.2) is 23.8 Å². The molecule has 11 heavy (non-hydrogen) atoms. The molecule has 2 N–H and O–H groups in total. The van der Waals surface area contributed by atoms with Crippen molar-refractivity contribution in [3.63, 3.8) is 0 Å². The maximum Gasteiger partial charge on any atom is 0.126 e. The molecule has 62 valence electrons. The van der Waals surface area contributed by atoms with E-state index in [0.717, 1.165) is 25.9 Å². The predicted molar refractivity (Wildman–Crippen MR) is 45.6 cm³/mol. The van der Waals surface area contributed by atoms with Crippen LogP contribution in [0.4, 0.5) is 0 Å². The van der Waals surface area contributed by atoms with Crippen molar-refractivity contribution >= 4 is 12.4 Å². The second-order valence-corrected chi connectivity index (χ2v) is 3.63. The predicted octanol–water partition coefficient (Wildman–Crippen LogP) is 0.156. The molecule has 2 nitrogen and oxygen atoms in total. The molecule has 0 amide bonds. The van der Waals surface area contributed by atoms with Gasteiger partial charge in [0.15, 0.2) is 0 Å². The largest absolute Gasteiger partial charge is 0.378 e. The number of halogens is 1. The third-order valence-corrected chi connectivity index (χ3v) is 2.60. The van der Waals surface area contributed by atoms with Crippen molar-refractivity contribution in [3.8, 4) is 12.3 Å². The lowest BCUT2D eigenvalue weighted by Gasteiger charge is -2.56. The van der Waals surface area contributed by atoms with E-state index in [1.807, 2.05) is 0 Å². The normalized spacial score (nSPS) is 29.1. The molecule has 0 radical (unpaired) electrons. The number of hydrogen-bond donors (Lipinski definition) is 2. The zero-order valence-electron chi connectivity index (χ0n) is 6.26. The van der Waals surface area contributed by atoms with Crippen molar-refractivity contribution in [3.05, 3.63) is 0 Å². The maximum absolute atomic E-state index is 9.46. The summed E-state index contributed by atoms with van der Waals surface area (Å²) in [5.41, 5.74) is -0.386. The van der Waals surface area contributed by atoms with Gasteiger partial charge < -0.3 is 10.4 Å². The summed E-state index contributed by atoms with van der Waals surface area (Å²) in [5, 5.41) is 12.6. The van der Waals surface area contributed by atoms with Crippen LogP contribution in [0.1, 0.15) is 12.8 Å². The van der Waals surface area contributed by atoms with E-state index in [4.69, 9.17) is 6.42 Å². The van der Waals surface area contributed by atoms with Crippen LogP contribution in [0.15, 0.2) is 0 Å². The van der Waals surface area contributed by atoms with E-state index in [2.05, 4.69) is 11.2 Å². The summed E-state index contributed by atoms with van der Waals surface area (Å²) in [6.45, 7) is 2.08. The van der Waals surface area contributed by atoms with E-state index in [1.165, 1.54) is 0 Å². The Morgan fingerprint density at radius 2 is 1.91 bits per heavy atom. The molecule has 1 aliphatic carbocycles. The molecule has 2 rings (SSSR count). The first-order valence-corrected chi connectivity index (χ1v) is 3.59. The summed E-state index contributed by atoms with van der Waals surface area (Å²) < 4.78 is 0. The van der Waals surface area contributed by atoms with E-state index in [9.17, 15) is 5.11 Å². The van der Waals surface area contributed by atoms with Gasteiger partial charge in [-0.2, -0.15) is 0 Å². The molecule has 0 unspecified atom stereocenters. The van der Waals surface area contributed by atoms with Gasteiger partial charge in [0.25, 0.3) is 0 Å². The highest BCUT2D eigenvalue weighted by Crippen LogP contribution is 2.50. The third kappa shape index (κ3) is 1.14. The van der Waals surface area contributed by atoms with Gasteiger partial charge in [-0.25, -0.2) is 0 Å². The van der Waals surface area contributed by atoms with E-state index >= 15 is 0 Å². The lowest BCUT2D eigenvalue weighted by molar-refractivity contribution is -0.110. The van der Waals surface area contributed by atoms with Crippen LogP contribution in [0.5, 0.6) is 0 Å². The first kappa shape index (κ1) is 8.86. The molecule has 0 bridgehead atoms. The Morgan fingerprint density at radius 3 is 2.18 bits per heavy atom.